The number of aliphatic carboxylic acids is 1. The number of carboxylic acids is 1. The van der Waals surface area contributed by atoms with Crippen LogP contribution in [0, 0.1) is 0 Å². The highest BCUT2D eigenvalue weighted by Gasteiger charge is 2.15. The molecule has 0 spiro atoms. The predicted molar refractivity (Wildman–Crippen MR) is 67.4 cm³/mol. The number of nitrogens with one attached hydrogen (secondary N) is 1. The van der Waals surface area contributed by atoms with Gasteiger partial charge in [-0.2, -0.15) is 0 Å². The van der Waals surface area contributed by atoms with Gasteiger partial charge in [0.05, 0.1) is 6.17 Å². The highest BCUT2D eigenvalue weighted by molar-refractivity contribution is 5.73. The Kier molecular flexibility index (Phi) is 6.18. The largest absolute Gasteiger partial charge is 0.480 e. The van der Waals surface area contributed by atoms with Crippen molar-refractivity contribution in [3.8, 4) is 0 Å². The summed E-state index contributed by atoms with van der Waals surface area (Å²) < 4.78 is 0. The topological polar surface area (TPSA) is 101 Å². The normalized spacial score (nSPS) is 27.9. The molecule has 1 saturated heterocycles. The van der Waals surface area contributed by atoms with Crippen LogP contribution >= 0.6 is 0 Å². The molecule has 1 unspecified atom stereocenters. The van der Waals surface area contributed by atoms with Crippen LogP contribution in [0.15, 0.2) is 12.2 Å². The molecule has 3 atom stereocenters. The zero-order valence-electron chi connectivity index (χ0n) is 10.1. The molecule has 5 nitrogen and oxygen atoms in total. The number of carbonyl (C=O) groups is 1. The summed E-state index contributed by atoms with van der Waals surface area (Å²) in [5, 5.41) is 12.0. The van der Waals surface area contributed by atoms with Crippen LogP contribution in [0.25, 0.3) is 0 Å². The summed E-state index contributed by atoms with van der Waals surface area (Å²) in [7, 11) is 0. The molecule has 0 saturated carbocycles. The smallest absolute Gasteiger partial charge is 0.320 e. The van der Waals surface area contributed by atoms with Crippen LogP contribution in [-0.2, 0) is 4.79 Å². The first-order valence-corrected chi connectivity index (χ1v) is 6.24. The SMILES string of the molecule is NC1CCCC[C@H](C/C=C\C[C@H](N)C(=O)O)N1. The minimum absolute atomic E-state index is 0.0946. The average Bonchev–Trinajstić information content (AvgIpc) is 2.48. The maximum atomic E-state index is 10.5. The van der Waals surface area contributed by atoms with Gasteiger partial charge in [-0.3, -0.25) is 10.1 Å². The highest BCUT2D eigenvalue weighted by Crippen LogP contribution is 2.13. The van der Waals surface area contributed by atoms with Crippen molar-refractivity contribution in [3.63, 3.8) is 0 Å². The van der Waals surface area contributed by atoms with Gasteiger partial charge in [-0.25, -0.2) is 0 Å². The fourth-order valence-electron chi connectivity index (χ4n) is 2.01. The Labute approximate surface area is 102 Å². The van der Waals surface area contributed by atoms with Crippen molar-refractivity contribution >= 4 is 5.97 Å². The van der Waals surface area contributed by atoms with Gasteiger partial charge in [-0.05, 0) is 25.7 Å². The van der Waals surface area contributed by atoms with E-state index in [9.17, 15) is 4.79 Å². The fraction of sp³-hybridized carbons (Fsp3) is 0.750. The van der Waals surface area contributed by atoms with E-state index in [2.05, 4.69) is 5.32 Å². The molecule has 1 rings (SSSR count). The first-order valence-electron chi connectivity index (χ1n) is 6.24. The Morgan fingerprint density at radius 2 is 2.12 bits per heavy atom. The highest BCUT2D eigenvalue weighted by atomic mass is 16.4. The van der Waals surface area contributed by atoms with Crippen molar-refractivity contribution in [1.82, 2.24) is 5.32 Å². The molecule has 17 heavy (non-hydrogen) atoms. The lowest BCUT2D eigenvalue weighted by Gasteiger charge is -2.17. The zero-order chi connectivity index (χ0) is 12.7. The summed E-state index contributed by atoms with van der Waals surface area (Å²) in [5.74, 6) is -0.954. The summed E-state index contributed by atoms with van der Waals surface area (Å²) in [5.41, 5.74) is 11.3. The van der Waals surface area contributed by atoms with E-state index >= 15 is 0 Å². The maximum Gasteiger partial charge on any atom is 0.320 e. The predicted octanol–water partition coefficient (Wildman–Crippen LogP) is 0.552. The average molecular weight is 241 g/mol. The second-order valence-electron chi connectivity index (χ2n) is 4.64. The number of nitrogens with two attached hydrogens (primary N) is 2. The standard InChI is InChI=1S/C12H23N3O2/c13-10(12(16)17)7-3-1-5-9-6-2-4-8-11(14)15-9/h1,3,9-11,15H,2,4-8,13-14H2,(H,16,17)/b3-1-/t9-,10-,11?/m0/s1. The van der Waals surface area contributed by atoms with Gasteiger partial charge in [0.1, 0.15) is 6.04 Å². The van der Waals surface area contributed by atoms with E-state index in [0.717, 1.165) is 19.3 Å². The van der Waals surface area contributed by atoms with Gasteiger partial charge in [-0.15, -0.1) is 0 Å². The Bertz CT molecular complexity index is 268. The first kappa shape index (κ1) is 14.2. The molecule has 5 heteroatoms. The molecular weight excluding hydrogens is 218 g/mol. The molecule has 0 amide bonds. The van der Waals surface area contributed by atoms with Gasteiger partial charge >= 0.3 is 5.97 Å². The molecular formula is C12H23N3O2. The zero-order valence-corrected chi connectivity index (χ0v) is 10.1. The maximum absolute atomic E-state index is 10.5. The summed E-state index contributed by atoms with van der Waals surface area (Å²) in [4.78, 5) is 10.5. The molecule has 0 bridgehead atoms. The van der Waals surface area contributed by atoms with E-state index in [1.165, 1.54) is 12.8 Å². The van der Waals surface area contributed by atoms with Crippen LogP contribution in [0.3, 0.4) is 0 Å². The Balaban J connectivity index is 2.24. The van der Waals surface area contributed by atoms with Crippen LogP contribution < -0.4 is 16.8 Å². The van der Waals surface area contributed by atoms with Gasteiger partial charge in [-0.1, -0.05) is 25.0 Å². The number of carboxylic acid groups (broad SMARTS) is 1. The Morgan fingerprint density at radius 3 is 2.82 bits per heavy atom. The summed E-state index contributed by atoms with van der Waals surface area (Å²) >= 11 is 0. The van der Waals surface area contributed by atoms with Crippen LogP contribution in [-0.4, -0.2) is 29.3 Å². The van der Waals surface area contributed by atoms with Crippen molar-refractivity contribution in [3.05, 3.63) is 12.2 Å². The van der Waals surface area contributed by atoms with E-state index in [-0.39, 0.29) is 6.17 Å². The van der Waals surface area contributed by atoms with Crippen molar-refractivity contribution in [2.24, 2.45) is 11.5 Å². The number of rotatable bonds is 5. The first-order chi connectivity index (χ1) is 8.09. The lowest BCUT2D eigenvalue weighted by Crippen LogP contribution is -2.42. The second-order valence-corrected chi connectivity index (χ2v) is 4.64. The van der Waals surface area contributed by atoms with Crippen molar-refractivity contribution in [2.45, 2.75) is 56.8 Å². The van der Waals surface area contributed by atoms with Gasteiger partial charge in [0.15, 0.2) is 0 Å². The molecule has 98 valence electrons. The van der Waals surface area contributed by atoms with Crippen LogP contribution in [0.4, 0.5) is 0 Å². The van der Waals surface area contributed by atoms with E-state index in [1.54, 1.807) is 0 Å². The molecule has 0 aromatic heterocycles. The van der Waals surface area contributed by atoms with Crippen molar-refractivity contribution in [1.29, 1.82) is 0 Å². The molecule has 1 aliphatic heterocycles. The molecule has 1 fully saturated rings. The van der Waals surface area contributed by atoms with Crippen LogP contribution in [0.2, 0.25) is 0 Å². The molecule has 0 radical (unpaired) electrons. The summed E-state index contributed by atoms with van der Waals surface area (Å²) in [6, 6.07) is -0.389. The fourth-order valence-corrected chi connectivity index (χ4v) is 2.01. The number of hydrogen-bond acceptors (Lipinski definition) is 4. The lowest BCUT2D eigenvalue weighted by molar-refractivity contribution is -0.138. The van der Waals surface area contributed by atoms with Crippen LogP contribution in [0.1, 0.15) is 38.5 Å². The van der Waals surface area contributed by atoms with E-state index in [1.807, 2.05) is 12.2 Å². The number of hydrogen-bond donors (Lipinski definition) is 4. The Hall–Kier alpha value is -0.910. The molecule has 0 aromatic rings. The van der Waals surface area contributed by atoms with E-state index < -0.39 is 12.0 Å². The van der Waals surface area contributed by atoms with Gasteiger partial charge in [0, 0.05) is 6.04 Å². The van der Waals surface area contributed by atoms with Crippen molar-refractivity contribution in [2.75, 3.05) is 0 Å². The van der Waals surface area contributed by atoms with E-state index in [4.69, 9.17) is 16.6 Å². The van der Waals surface area contributed by atoms with E-state index in [0.29, 0.717) is 12.5 Å². The lowest BCUT2D eigenvalue weighted by atomic mass is 10.1. The molecule has 1 aliphatic rings. The summed E-state index contributed by atoms with van der Waals surface area (Å²) in [6.45, 7) is 0. The van der Waals surface area contributed by atoms with Gasteiger partial charge in [0.2, 0.25) is 0 Å². The van der Waals surface area contributed by atoms with Gasteiger partial charge < -0.3 is 16.6 Å². The van der Waals surface area contributed by atoms with Gasteiger partial charge in [0.25, 0.3) is 0 Å². The van der Waals surface area contributed by atoms with Crippen LogP contribution in [0.5, 0.6) is 0 Å². The molecule has 6 N–H and O–H groups in total. The Morgan fingerprint density at radius 1 is 1.41 bits per heavy atom. The molecule has 0 aliphatic carbocycles. The summed E-state index contributed by atoms with van der Waals surface area (Å²) in [6.07, 6.45) is 9.75. The van der Waals surface area contributed by atoms with Crippen molar-refractivity contribution < 1.29 is 9.90 Å². The third kappa shape index (κ3) is 5.81. The monoisotopic (exact) mass is 241 g/mol. The third-order valence-electron chi connectivity index (χ3n) is 3.06. The molecule has 0 aromatic carbocycles. The quantitative estimate of drug-likeness (QED) is 0.527. The molecule has 1 heterocycles. The second kappa shape index (κ2) is 7.42. The minimum atomic E-state index is -0.954. The third-order valence-corrected chi connectivity index (χ3v) is 3.06. The minimum Gasteiger partial charge on any atom is -0.480 e.